The molecule has 0 saturated heterocycles. The van der Waals surface area contributed by atoms with E-state index in [1.807, 2.05) is 48.5 Å². The standard InChI is InChI=1S/C21H24O3/c1-23-20(17-12-6-3-7-13-17)21(22)24-19-15-9-8-14-18(19)16-10-4-2-5-11-16/h2-7,10-13,18-20H,8-9,14-15H2,1H3/t18-,19+,20?/m1/s1. The van der Waals surface area contributed by atoms with Crippen molar-refractivity contribution in [1.29, 1.82) is 0 Å². The van der Waals surface area contributed by atoms with E-state index in [0.717, 1.165) is 24.8 Å². The molecule has 0 aliphatic heterocycles. The van der Waals surface area contributed by atoms with Gasteiger partial charge >= 0.3 is 5.97 Å². The van der Waals surface area contributed by atoms with Gasteiger partial charge in [0, 0.05) is 13.0 Å². The molecule has 1 aliphatic rings. The number of carbonyl (C=O) groups is 1. The molecule has 2 aromatic carbocycles. The third-order valence-corrected chi connectivity index (χ3v) is 4.75. The van der Waals surface area contributed by atoms with E-state index in [1.54, 1.807) is 7.11 Å². The zero-order chi connectivity index (χ0) is 16.8. The van der Waals surface area contributed by atoms with Gasteiger partial charge in [0.2, 0.25) is 0 Å². The summed E-state index contributed by atoms with van der Waals surface area (Å²) < 4.78 is 11.3. The Balaban J connectivity index is 1.74. The fraction of sp³-hybridized carbons (Fsp3) is 0.381. The van der Waals surface area contributed by atoms with Crippen LogP contribution in [0.4, 0.5) is 0 Å². The highest BCUT2D eigenvalue weighted by atomic mass is 16.6. The molecule has 2 aromatic rings. The largest absolute Gasteiger partial charge is 0.460 e. The Bertz CT molecular complexity index is 639. The molecule has 3 rings (SSSR count). The number of hydrogen-bond donors (Lipinski definition) is 0. The van der Waals surface area contributed by atoms with Crippen molar-refractivity contribution in [3.05, 3.63) is 71.8 Å². The zero-order valence-electron chi connectivity index (χ0n) is 14.1. The van der Waals surface area contributed by atoms with Gasteiger partial charge in [-0.1, -0.05) is 67.1 Å². The van der Waals surface area contributed by atoms with E-state index in [9.17, 15) is 4.79 Å². The molecule has 24 heavy (non-hydrogen) atoms. The van der Waals surface area contributed by atoms with Gasteiger partial charge in [0.1, 0.15) is 6.10 Å². The highest BCUT2D eigenvalue weighted by Gasteiger charge is 2.32. The summed E-state index contributed by atoms with van der Waals surface area (Å²) in [5.41, 5.74) is 2.08. The monoisotopic (exact) mass is 324 g/mol. The molecule has 3 atom stereocenters. The molecule has 126 valence electrons. The summed E-state index contributed by atoms with van der Waals surface area (Å²) in [6, 6.07) is 19.9. The van der Waals surface area contributed by atoms with E-state index < -0.39 is 6.10 Å². The Morgan fingerprint density at radius 3 is 2.25 bits per heavy atom. The first-order valence-corrected chi connectivity index (χ1v) is 8.63. The molecule has 3 heteroatoms. The molecule has 1 fully saturated rings. The number of esters is 1. The molecule has 3 nitrogen and oxygen atoms in total. The van der Waals surface area contributed by atoms with Crippen molar-refractivity contribution in [2.75, 3.05) is 7.11 Å². The van der Waals surface area contributed by atoms with Crippen LogP contribution in [-0.2, 0) is 14.3 Å². The molecule has 0 aromatic heterocycles. The van der Waals surface area contributed by atoms with Crippen LogP contribution in [0.2, 0.25) is 0 Å². The lowest BCUT2D eigenvalue weighted by Gasteiger charge is -2.32. The Kier molecular flexibility index (Phi) is 5.65. The molecule has 0 spiro atoms. The number of benzene rings is 2. The lowest BCUT2D eigenvalue weighted by molar-refractivity contribution is -0.164. The molecule has 0 N–H and O–H groups in total. The molecular formula is C21H24O3. The second-order valence-corrected chi connectivity index (χ2v) is 6.30. The van der Waals surface area contributed by atoms with Gasteiger partial charge in [-0.2, -0.15) is 0 Å². The summed E-state index contributed by atoms with van der Waals surface area (Å²) in [6.07, 6.45) is 3.52. The first-order chi connectivity index (χ1) is 11.8. The summed E-state index contributed by atoms with van der Waals surface area (Å²) in [6.45, 7) is 0. The van der Waals surface area contributed by atoms with Crippen molar-refractivity contribution in [2.45, 2.75) is 43.8 Å². The average molecular weight is 324 g/mol. The molecule has 1 saturated carbocycles. The highest BCUT2D eigenvalue weighted by molar-refractivity contribution is 5.76. The molecule has 1 unspecified atom stereocenters. The van der Waals surface area contributed by atoms with Crippen molar-refractivity contribution in [3.8, 4) is 0 Å². The van der Waals surface area contributed by atoms with E-state index in [2.05, 4.69) is 12.1 Å². The third kappa shape index (κ3) is 3.85. The lowest BCUT2D eigenvalue weighted by atomic mass is 9.81. The Morgan fingerprint density at radius 2 is 1.58 bits per heavy atom. The molecule has 1 aliphatic carbocycles. The van der Waals surface area contributed by atoms with Gasteiger partial charge in [0.15, 0.2) is 6.10 Å². The quantitative estimate of drug-likeness (QED) is 0.751. The maximum atomic E-state index is 12.7. The van der Waals surface area contributed by atoms with Crippen LogP contribution in [0.1, 0.15) is 48.8 Å². The van der Waals surface area contributed by atoms with Gasteiger partial charge in [-0.25, -0.2) is 4.79 Å². The minimum atomic E-state index is -0.662. The second kappa shape index (κ2) is 8.11. The minimum absolute atomic E-state index is 0.0741. The predicted molar refractivity (Wildman–Crippen MR) is 93.7 cm³/mol. The maximum absolute atomic E-state index is 12.7. The highest BCUT2D eigenvalue weighted by Crippen LogP contribution is 2.36. The summed E-state index contributed by atoms with van der Waals surface area (Å²) >= 11 is 0. The predicted octanol–water partition coefficient (Wildman–Crippen LogP) is 4.64. The normalized spacial score (nSPS) is 21.9. The fourth-order valence-corrected chi connectivity index (χ4v) is 3.53. The molecule has 0 bridgehead atoms. The van der Waals surface area contributed by atoms with Crippen molar-refractivity contribution in [2.24, 2.45) is 0 Å². The zero-order valence-corrected chi connectivity index (χ0v) is 14.1. The molecule has 0 heterocycles. The van der Waals surface area contributed by atoms with Crippen LogP contribution in [-0.4, -0.2) is 19.2 Å². The first kappa shape index (κ1) is 16.7. The number of methoxy groups -OCH3 is 1. The molecule has 0 radical (unpaired) electrons. The lowest BCUT2D eigenvalue weighted by Crippen LogP contribution is -2.31. The second-order valence-electron chi connectivity index (χ2n) is 6.30. The van der Waals surface area contributed by atoms with Gasteiger partial charge in [0.05, 0.1) is 0 Å². The fourth-order valence-electron chi connectivity index (χ4n) is 3.53. The van der Waals surface area contributed by atoms with Crippen molar-refractivity contribution in [1.82, 2.24) is 0 Å². The van der Waals surface area contributed by atoms with Gasteiger partial charge in [-0.05, 0) is 30.4 Å². The topological polar surface area (TPSA) is 35.5 Å². The van der Waals surface area contributed by atoms with Crippen LogP contribution in [0, 0.1) is 0 Å². The number of ether oxygens (including phenoxy) is 2. The van der Waals surface area contributed by atoms with Crippen molar-refractivity contribution >= 4 is 5.97 Å². The van der Waals surface area contributed by atoms with E-state index in [0.29, 0.717) is 0 Å². The van der Waals surface area contributed by atoms with Crippen LogP contribution < -0.4 is 0 Å². The summed E-state index contributed by atoms with van der Waals surface area (Å²) in [7, 11) is 1.55. The van der Waals surface area contributed by atoms with Gasteiger partial charge in [-0.3, -0.25) is 0 Å². The number of rotatable bonds is 5. The molecule has 0 amide bonds. The Labute approximate surface area is 143 Å². The van der Waals surface area contributed by atoms with Crippen LogP contribution in [0.5, 0.6) is 0 Å². The minimum Gasteiger partial charge on any atom is -0.460 e. The summed E-state index contributed by atoms with van der Waals surface area (Å²) in [4.78, 5) is 12.7. The van der Waals surface area contributed by atoms with E-state index >= 15 is 0 Å². The Hall–Kier alpha value is -2.13. The van der Waals surface area contributed by atoms with E-state index in [4.69, 9.17) is 9.47 Å². The van der Waals surface area contributed by atoms with Crippen molar-refractivity contribution < 1.29 is 14.3 Å². The molecular weight excluding hydrogens is 300 g/mol. The summed E-state index contributed by atoms with van der Waals surface area (Å²) in [5, 5.41) is 0. The van der Waals surface area contributed by atoms with Crippen LogP contribution in [0.25, 0.3) is 0 Å². The Morgan fingerprint density at radius 1 is 0.958 bits per heavy atom. The third-order valence-electron chi connectivity index (χ3n) is 4.75. The van der Waals surface area contributed by atoms with Gasteiger partial charge < -0.3 is 9.47 Å². The smallest absolute Gasteiger partial charge is 0.340 e. The number of carbonyl (C=O) groups excluding carboxylic acids is 1. The van der Waals surface area contributed by atoms with Crippen molar-refractivity contribution in [3.63, 3.8) is 0 Å². The summed E-state index contributed by atoms with van der Waals surface area (Å²) in [5.74, 6) is -0.0197. The van der Waals surface area contributed by atoms with Crippen LogP contribution in [0.15, 0.2) is 60.7 Å². The van der Waals surface area contributed by atoms with E-state index in [-0.39, 0.29) is 18.0 Å². The first-order valence-electron chi connectivity index (χ1n) is 8.63. The van der Waals surface area contributed by atoms with Gasteiger partial charge in [-0.15, -0.1) is 0 Å². The van der Waals surface area contributed by atoms with Crippen LogP contribution >= 0.6 is 0 Å². The van der Waals surface area contributed by atoms with E-state index in [1.165, 1.54) is 12.0 Å². The van der Waals surface area contributed by atoms with Gasteiger partial charge in [0.25, 0.3) is 0 Å². The maximum Gasteiger partial charge on any atom is 0.340 e. The number of hydrogen-bond acceptors (Lipinski definition) is 3. The average Bonchev–Trinajstić information content (AvgIpc) is 2.64. The SMILES string of the molecule is COC(C(=O)O[C@H]1CCCC[C@@H]1c1ccccc1)c1ccccc1. The van der Waals surface area contributed by atoms with Crippen LogP contribution in [0.3, 0.4) is 0 Å².